The number of nitrogens with zero attached hydrogens (tertiary/aromatic N) is 4. The highest BCUT2D eigenvalue weighted by molar-refractivity contribution is 8.08. The summed E-state index contributed by atoms with van der Waals surface area (Å²) in [6.45, 7) is 1.67. The Kier molecular flexibility index (Phi) is 6.87. The van der Waals surface area contributed by atoms with Gasteiger partial charge in [-0.2, -0.15) is 0 Å². The quantitative estimate of drug-likeness (QED) is 0.159. The molecule has 0 aromatic carbocycles. The summed E-state index contributed by atoms with van der Waals surface area (Å²) in [4.78, 5) is 42.4. The molecular formula is C16H16N6O6S3. The number of aliphatic carboxylic acids is 1. The second-order valence-corrected chi connectivity index (χ2v) is 9.14. The Bertz CT molecular complexity index is 1050. The van der Waals surface area contributed by atoms with E-state index in [2.05, 4.69) is 20.6 Å². The molecule has 0 aliphatic carbocycles. The van der Waals surface area contributed by atoms with E-state index >= 15 is 0 Å². The number of aromatic nitrogens is 1. The lowest BCUT2D eigenvalue weighted by Crippen LogP contribution is -2.71. The van der Waals surface area contributed by atoms with E-state index in [0.29, 0.717) is 10.5 Å². The van der Waals surface area contributed by atoms with E-state index < -0.39 is 34.9 Å². The summed E-state index contributed by atoms with van der Waals surface area (Å²) in [7, 11) is 0. The largest absolute Gasteiger partial charge is 0.477 e. The molecule has 31 heavy (non-hydrogen) atoms. The highest BCUT2D eigenvalue weighted by Gasteiger charge is 2.54. The molecule has 0 radical (unpaired) electrons. The molecule has 6 N–H and O–H groups in total. The Labute approximate surface area is 187 Å². The van der Waals surface area contributed by atoms with Gasteiger partial charge in [-0.05, 0) is 17.9 Å². The average molecular weight is 485 g/mol. The molecule has 12 nitrogen and oxygen atoms in total. The first kappa shape index (κ1) is 22.6. The molecule has 2 aliphatic heterocycles. The van der Waals surface area contributed by atoms with Crippen LogP contribution in [0.4, 0.5) is 5.13 Å². The van der Waals surface area contributed by atoms with E-state index in [0.717, 1.165) is 28.0 Å². The van der Waals surface area contributed by atoms with Crippen LogP contribution in [-0.2, 0) is 14.4 Å². The maximum atomic E-state index is 12.7. The van der Waals surface area contributed by atoms with Crippen LogP contribution < -0.4 is 11.1 Å². The van der Waals surface area contributed by atoms with Crippen molar-refractivity contribution in [2.24, 2.45) is 10.3 Å². The molecule has 2 amide bonds. The number of nitrogen functional groups attached to an aromatic ring is 1. The SMILES string of the molecule is CC(C=NO)=CSC1=C(C(=O)O)N2C(=O)C(NC(=O)/C(=N\O)c3csc(N)n3)[C@H]2SC1. The molecule has 15 heteroatoms. The third-order valence-corrected chi connectivity index (χ3v) is 7.40. The molecule has 164 valence electrons. The molecule has 1 unspecified atom stereocenters. The molecule has 1 aromatic heterocycles. The van der Waals surface area contributed by atoms with Gasteiger partial charge >= 0.3 is 5.97 Å². The van der Waals surface area contributed by atoms with Crippen LogP contribution in [0.25, 0.3) is 0 Å². The van der Waals surface area contributed by atoms with Gasteiger partial charge in [-0.15, -0.1) is 23.1 Å². The molecule has 0 bridgehead atoms. The van der Waals surface area contributed by atoms with Crippen LogP contribution in [0, 0.1) is 0 Å². The van der Waals surface area contributed by atoms with Crippen molar-refractivity contribution < 1.29 is 29.9 Å². The molecule has 1 aromatic rings. The van der Waals surface area contributed by atoms with E-state index in [1.165, 1.54) is 23.4 Å². The van der Waals surface area contributed by atoms with Crippen molar-refractivity contribution in [3.05, 3.63) is 32.7 Å². The predicted molar refractivity (Wildman–Crippen MR) is 116 cm³/mol. The lowest BCUT2D eigenvalue weighted by Gasteiger charge is -2.49. The van der Waals surface area contributed by atoms with E-state index in [9.17, 15) is 24.7 Å². The first-order valence-corrected chi connectivity index (χ1v) is 11.3. The number of β-lactam (4-membered cyclic amide) rings is 1. The van der Waals surface area contributed by atoms with Gasteiger partial charge in [-0.25, -0.2) is 9.78 Å². The van der Waals surface area contributed by atoms with Crippen LogP contribution in [0.1, 0.15) is 12.6 Å². The van der Waals surface area contributed by atoms with Crippen LogP contribution in [0.2, 0.25) is 0 Å². The lowest BCUT2D eigenvalue weighted by molar-refractivity contribution is -0.150. The standard InChI is InChI=1S/C16H16N6O6S3/c1-6(2-18-27)3-29-8-5-30-14-10(13(24)22(14)11(8)15(25)26)20-12(23)9(21-28)7-4-31-16(17)19-7/h2-4,10,14,27-28H,5H2,1H3,(H2,17,19)(H,20,23)(H,25,26)/b6-3?,18-2?,21-9-/t10?,14-/m1/s1. The van der Waals surface area contributed by atoms with Crippen molar-refractivity contribution >= 4 is 69.7 Å². The maximum Gasteiger partial charge on any atom is 0.353 e. The van der Waals surface area contributed by atoms with Crippen molar-refractivity contribution in [1.29, 1.82) is 0 Å². The number of carbonyl (C=O) groups excluding carboxylic acids is 2. The number of fused-ring (bicyclic) bond motifs is 1. The second kappa shape index (κ2) is 9.40. The Balaban J connectivity index is 1.77. The van der Waals surface area contributed by atoms with Gasteiger partial charge in [0.05, 0.1) is 6.21 Å². The number of carbonyl (C=O) groups is 3. The minimum absolute atomic E-state index is 0.0563. The minimum atomic E-state index is -1.27. The molecule has 1 saturated heterocycles. The third-order valence-electron chi connectivity index (χ3n) is 4.15. The number of rotatable bonds is 7. The maximum absolute atomic E-state index is 12.7. The molecule has 0 saturated carbocycles. The van der Waals surface area contributed by atoms with Crippen molar-refractivity contribution in [3.8, 4) is 0 Å². The van der Waals surface area contributed by atoms with Crippen molar-refractivity contribution in [3.63, 3.8) is 0 Å². The number of amides is 2. The fraction of sp³-hybridized carbons (Fsp3) is 0.250. The fourth-order valence-corrected chi connectivity index (χ4v) is 5.69. The van der Waals surface area contributed by atoms with Gasteiger partial charge in [0.15, 0.2) is 10.8 Å². The Morgan fingerprint density at radius 2 is 2.19 bits per heavy atom. The monoisotopic (exact) mass is 484 g/mol. The molecular weight excluding hydrogens is 468 g/mol. The smallest absolute Gasteiger partial charge is 0.353 e. The highest BCUT2D eigenvalue weighted by Crippen LogP contribution is 2.43. The summed E-state index contributed by atoms with van der Waals surface area (Å²) in [6.07, 6.45) is 1.20. The van der Waals surface area contributed by atoms with Gasteiger partial charge in [0.2, 0.25) is 0 Å². The van der Waals surface area contributed by atoms with Crippen molar-refractivity contribution in [2.75, 3.05) is 11.5 Å². The first-order valence-electron chi connectivity index (χ1n) is 8.44. The second-order valence-electron chi connectivity index (χ2n) is 6.18. The van der Waals surface area contributed by atoms with E-state index in [1.54, 1.807) is 12.3 Å². The molecule has 0 spiro atoms. The number of thioether (sulfide) groups is 2. The van der Waals surface area contributed by atoms with Crippen LogP contribution in [-0.4, -0.2) is 72.3 Å². The summed E-state index contributed by atoms with van der Waals surface area (Å²) in [6, 6.07) is -0.995. The summed E-state index contributed by atoms with van der Waals surface area (Å²) >= 11 is 3.44. The third kappa shape index (κ3) is 4.52. The van der Waals surface area contributed by atoms with E-state index in [1.807, 2.05) is 0 Å². The molecule has 2 aliphatic rings. The average Bonchev–Trinajstić information content (AvgIpc) is 3.16. The minimum Gasteiger partial charge on any atom is -0.477 e. The Morgan fingerprint density at radius 1 is 1.45 bits per heavy atom. The van der Waals surface area contributed by atoms with Crippen molar-refractivity contribution in [2.45, 2.75) is 18.3 Å². The molecule has 3 heterocycles. The van der Waals surface area contributed by atoms with Crippen LogP contribution in [0.15, 0.2) is 37.3 Å². The van der Waals surface area contributed by atoms with Gasteiger partial charge in [-0.3, -0.25) is 14.5 Å². The fourth-order valence-electron chi connectivity index (χ4n) is 2.79. The van der Waals surface area contributed by atoms with Crippen LogP contribution in [0.3, 0.4) is 0 Å². The number of anilines is 1. The summed E-state index contributed by atoms with van der Waals surface area (Å²) in [5.74, 6) is -2.43. The van der Waals surface area contributed by atoms with Crippen molar-refractivity contribution in [1.82, 2.24) is 15.2 Å². The van der Waals surface area contributed by atoms with E-state index in [4.69, 9.17) is 10.9 Å². The lowest BCUT2D eigenvalue weighted by atomic mass is 10.0. The Morgan fingerprint density at radius 3 is 2.77 bits per heavy atom. The number of thiazole rings is 1. The van der Waals surface area contributed by atoms with Gasteiger partial charge in [0.1, 0.15) is 22.8 Å². The van der Waals surface area contributed by atoms with Crippen LogP contribution in [0.5, 0.6) is 0 Å². The number of hydrogen-bond donors (Lipinski definition) is 5. The van der Waals surface area contributed by atoms with Gasteiger partial charge in [0.25, 0.3) is 11.8 Å². The molecule has 3 rings (SSSR count). The topological polar surface area (TPSA) is 191 Å². The van der Waals surface area contributed by atoms with Gasteiger partial charge in [-0.1, -0.05) is 22.1 Å². The zero-order chi connectivity index (χ0) is 22.7. The number of oxime groups is 2. The number of nitrogens with one attached hydrogen (secondary N) is 1. The summed E-state index contributed by atoms with van der Waals surface area (Å²) in [5.41, 5.74) is 5.60. The first-order chi connectivity index (χ1) is 14.8. The normalized spacial score (nSPS) is 21.8. The van der Waals surface area contributed by atoms with E-state index in [-0.39, 0.29) is 22.3 Å². The number of allylic oxidation sites excluding steroid dienone is 1. The zero-order valence-corrected chi connectivity index (χ0v) is 18.2. The molecule has 1 fully saturated rings. The summed E-state index contributed by atoms with van der Waals surface area (Å²) in [5, 5.41) is 38.3. The zero-order valence-electron chi connectivity index (χ0n) is 15.8. The highest BCUT2D eigenvalue weighted by atomic mass is 32.2. The van der Waals surface area contributed by atoms with Gasteiger partial charge < -0.3 is 26.6 Å². The Hall–Kier alpha value is -3.04. The predicted octanol–water partition coefficient (Wildman–Crippen LogP) is 0.697. The summed E-state index contributed by atoms with van der Waals surface area (Å²) < 4.78 is 0. The number of hydrogen-bond acceptors (Lipinski definition) is 12. The number of nitrogens with two attached hydrogens (primary N) is 1. The van der Waals surface area contributed by atoms with Crippen LogP contribution >= 0.6 is 34.9 Å². The number of carboxylic acid groups (broad SMARTS) is 1. The van der Waals surface area contributed by atoms with Gasteiger partial charge in [0, 0.05) is 16.0 Å². The molecule has 2 atom stereocenters. The number of carboxylic acids is 1.